The fraction of sp³-hybridized carbons (Fsp3) is 0.278. The molecule has 1 aliphatic heterocycles. The molecule has 2 aromatic rings. The number of rotatable bonds is 5. The molecule has 0 spiro atoms. The predicted molar refractivity (Wildman–Crippen MR) is 95.1 cm³/mol. The summed E-state index contributed by atoms with van der Waals surface area (Å²) in [5, 5.41) is 11.9. The molecule has 1 heterocycles. The molecule has 0 aliphatic carbocycles. The molecule has 25 heavy (non-hydrogen) atoms. The Balaban J connectivity index is 1.76. The summed E-state index contributed by atoms with van der Waals surface area (Å²) < 4.78 is 5.24. The van der Waals surface area contributed by atoms with Gasteiger partial charge in [-0.2, -0.15) is 0 Å². The summed E-state index contributed by atoms with van der Waals surface area (Å²) in [5.74, 6) is -0.601. The van der Waals surface area contributed by atoms with E-state index < -0.39 is 10.9 Å². The van der Waals surface area contributed by atoms with E-state index in [1.807, 2.05) is 4.90 Å². The number of nitrogens with zero attached hydrogens (tertiary/aromatic N) is 2. The third-order valence-corrected chi connectivity index (χ3v) is 4.35. The molecule has 3 rings (SSSR count). The molecule has 0 saturated carbocycles. The van der Waals surface area contributed by atoms with Gasteiger partial charge in [-0.25, -0.2) is 4.79 Å². The molecule has 0 N–H and O–H groups in total. The molecule has 0 bridgehead atoms. The van der Waals surface area contributed by atoms with Crippen molar-refractivity contribution >= 4 is 28.9 Å². The average molecular weight is 361 g/mol. The van der Waals surface area contributed by atoms with Gasteiger partial charge in [0.2, 0.25) is 0 Å². The first kappa shape index (κ1) is 17.2. The topological polar surface area (TPSA) is 72.7 Å². The van der Waals surface area contributed by atoms with E-state index in [1.54, 1.807) is 36.4 Å². The van der Waals surface area contributed by atoms with Crippen LogP contribution in [-0.2, 0) is 11.3 Å². The van der Waals surface area contributed by atoms with Gasteiger partial charge in [0.25, 0.3) is 5.69 Å². The molecule has 0 atom stereocenters. The van der Waals surface area contributed by atoms with E-state index in [2.05, 4.69) is 0 Å². The fourth-order valence-electron chi connectivity index (χ4n) is 2.88. The van der Waals surface area contributed by atoms with Gasteiger partial charge in [0, 0.05) is 24.2 Å². The Labute approximate surface area is 150 Å². The van der Waals surface area contributed by atoms with Crippen molar-refractivity contribution in [3.63, 3.8) is 0 Å². The number of esters is 1. The molecular formula is C18H17ClN2O4. The Hall–Kier alpha value is -2.60. The van der Waals surface area contributed by atoms with Crippen LogP contribution in [0.1, 0.15) is 28.8 Å². The zero-order valence-electron chi connectivity index (χ0n) is 13.5. The first-order valence-electron chi connectivity index (χ1n) is 7.99. The van der Waals surface area contributed by atoms with Gasteiger partial charge in [-0.05, 0) is 42.7 Å². The van der Waals surface area contributed by atoms with Crippen LogP contribution < -0.4 is 4.90 Å². The minimum absolute atomic E-state index is 0.0566. The summed E-state index contributed by atoms with van der Waals surface area (Å²) >= 11 is 5.89. The Morgan fingerprint density at radius 3 is 2.64 bits per heavy atom. The van der Waals surface area contributed by atoms with Crippen molar-refractivity contribution in [1.29, 1.82) is 0 Å². The number of hydrogen-bond donors (Lipinski definition) is 0. The molecule has 0 amide bonds. The normalized spacial score (nSPS) is 13.7. The van der Waals surface area contributed by atoms with Crippen LogP contribution in [0.4, 0.5) is 11.4 Å². The van der Waals surface area contributed by atoms with Gasteiger partial charge in [0.05, 0.1) is 10.5 Å². The lowest BCUT2D eigenvalue weighted by molar-refractivity contribution is -0.384. The lowest BCUT2D eigenvalue weighted by Crippen LogP contribution is -2.19. The highest BCUT2D eigenvalue weighted by molar-refractivity contribution is 6.30. The van der Waals surface area contributed by atoms with Crippen LogP contribution in [0.5, 0.6) is 0 Å². The van der Waals surface area contributed by atoms with E-state index in [-0.39, 0.29) is 17.9 Å². The van der Waals surface area contributed by atoms with Gasteiger partial charge in [0.15, 0.2) is 0 Å². The van der Waals surface area contributed by atoms with Gasteiger partial charge in [-0.3, -0.25) is 10.1 Å². The molecule has 2 aromatic carbocycles. The molecule has 7 heteroatoms. The maximum absolute atomic E-state index is 12.2. The molecule has 0 aromatic heterocycles. The van der Waals surface area contributed by atoms with E-state index in [4.69, 9.17) is 16.3 Å². The molecular weight excluding hydrogens is 344 g/mol. The van der Waals surface area contributed by atoms with E-state index in [9.17, 15) is 14.9 Å². The Morgan fingerprint density at radius 2 is 1.96 bits per heavy atom. The van der Waals surface area contributed by atoms with Gasteiger partial charge >= 0.3 is 5.97 Å². The number of nitro benzene ring substituents is 1. The molecule has 0 radical (unpaired) electrons. The third-order valence-electron chi connectivity index (χ3n) is 4.11. The van der Waals surface area contributed by atoms with E-state index in [0.717, 1.165) is 31.5 Å². The lowest BCUT2D eigenvalue weighted by atomic mass is 10.1. The summed E-state index contributed by atoms with van der Waals surface area (Å²) in [6.45, 7) is 1.64. The first-order chi connectivity index (χ1) is 12.0. The standard InChI is InChI=1S/C18H17ClN2O4/c19-15-5-3-4-13(10-15)12-25-18(22)14-6-7-16(17(11-14)21(23)24)20-8-1-2-9-20/h3-7,10-11H,1-2,8-9,12H2. The minimum Gasteiger partial charge on any atom is -0.457 e. The number of benzene rings is 2. The predicted octanol–water partition coefficient (Wildman–Crippen LogP) is 4.21. The van der Waals surface area contributed by atoms with Crippen LogP contribution in [0.3, 0.4) is 0 Å². The second-order valence-electron chi connectivity index (χ2n) is 5.86. The van der Waals surface area contributed by atoms with Crippen LogP contribution in [0, 0.1) is 10.1 Å². The molecule has 0 unspecified atom stereocenters. The zero-order valence-corrected chi connectivity index (χ0v) is 14.2. The summed E-state index contributed by atoms with van der Waals surface area (Å²) in [7, 11) is 0. The third kappa shape index (κ3) is 4.09. The largest absolute Gasteiger partial charge is 0.457 e. The summed E-state index contributed by atoms with van der Waals surface area (Å²) in [5.41, 5.74) is 1.40. The highest BCUT2D eigenvalue weighted by Gasteiger charge is 2.24. The van der Waals surface area contributed by atoms with Crippen LogP contribution in [0.15, 0.2) is 42.5 Å². The van der Waals surface area contributed by atoms with Crippen molar-refractivity contribution in [2.45, 2.75) is 19.4 Å². The van der Waals surface area contributed by atoms with Gasteiger partial charge in [-0.15, -0.1) is 0 Å². The van der Waals surface area contributed by atoms with Crippen molar-refractivity contribution in [2.75, 3.05) is 18.0 Å². The number of halogens is 1. The SMILES string of the molecule is O=C(OCc1cccc(Cl)c1)c1ccc(N2CCCC2)c([N+](=O)[O-])c1. The van der Waals surface area contributed by atoms with Gasteiger partial charge in [-0.1, -0.05) is 23.7 Å². The first-order valence-corrected chi connectivity index (χ1v) is 8.37. The van der Waals surface area contributed by atoms with E-state index in [1.165, 1.54) is 6.07 Å². The van der Waals surface area contributed by atoms with Crippen LogP contribution in [-0.4, -0.2) is 24.0 Å². The smallest absolute Gasteiger partial charge is 0.338 e. The number of hydrogen-bond acceptors (Lipinski definition) is 5. The van der Waals surface area contributed by atoms with E-state index >= 15 is 0 Å². The highest BCUT2D eigenvalue weighted by Crippen LogP contribution is 2.31. The second-order valence-corrected chi connectivity index (χ2v) is 6.30. The molecule has 1 saturated heterocycles. The van der Waals surface area contributed by atoms with E-state index in [0.29, 0.717) is 10.7 Å². The average Bonchev–Trinajstić information content (AvgIpc) is 3.13. The van der Waals surface area contributed by atoms with Crippen molar-refractivity contribution in [2.24, 2.45) is 0 Å². The van der Waals surface area contributed by atoms with Crippen molar-refractivity contribution < 1.29 is 14.5 Å². The molecule has 1 aliphatic rings. The number of carbonyl (C=O) groups is 1. The zero-order chi connectivity index (χ0) is 17.8. The number of anilines is 1. The number of carbonyl (C=O) groups excluding carboxylic acids is 1. The Morgan fingerprint density at radius 1 is 1.20 bits per heavy atom. The Kier molecular flexibility index (Phi) is 5.19. The highest BCUT2D eigenvalue weighted by atomic mass is 35.5. The van der Waals surface area contributed by atoms with Crippen molar-refractivity contribution in [3.8, 4) is 0 Å². The number of ether oxygens (including phenoxy) is 1. The molecule has 130 valence electrons. The second kappa shape index (κ2) is 7.53. The molecule has 1 fully saturated rings. The maximum atomic E-state index is 12.2. The minimum atomic E-state index is -0.601. The van der Waals surface area contributed by atoms with Crippen LogP contribution >= 0.6 is 11.6 Å². The van der Waals surface area contributed by atoms with Crippen LogP contribution in [0.25, 0.3) is 0 Å². The summed E-state index contributed by atoms with van der Waals surface area (Å²) in [6, 6.07) is 11.5. The lowest BCUT2D eigenvalue weighted by Gasteiger charge is -2.17. The van der Waals surface area contributed by atoms with Crippen LogP contribution in [0.2, 0.25) is 5.02 Å². The Bertz CT molecular complexity index is 803. The summed E-state index contributed by atoms with van der Waals surface area (Å²) in [4.78, 5) is 25.1. The van der Waals surface area contributed by atoms with Gasteiger partial charge in [0.1, 0.15) is 12.3 Å². The molecule has 6 nitrogen and oxygen atoms in total. The summed E-state index contributed by atoms with van der Waals surface area (Å²) in [6.07, 6.45) is 2.03. The van der Waals surface area contributed by atoms with Crippen molar-refractivity contribution in [3.05, 3.63) is 68.7 Å². The maximum Gasteiger partial charge on any atom is 0.338 e. The fourth-order valence-corrected chi connectivity index (χ4v) is 3.09. The number of nitro groups is 1. The van der Waals surface area contributed by atoms with Crippen molar-refractivity contribution in [1.82, 2.24) is 0 Å². The quantitative estimate of drug-likeness (QED) is 0.454. The monoisotopic (exact) mass is 360 g/mol. The van der Waals surface area contributed by atoms with Gasteiger partial charge < -0.3 is 9.64 Å².